The predicted molar refractivity (Wildman–Crippen MR) is 54.1 cm³/mol. The van der Waals surface area contributed by atoms with Crippen molar-refractivity contribution in [1.29, 1.82) is 0 Å². The Bertz CT molecular complexity index is 485. The van der Waals surface area contributed by atoms with E-state index in [9.17, 15) is 10.1 Å². The maximum Gasteiger partial charge on any atom is 0.295 e. The van der Waals surface area contributed by atoms with Crippen LogP contribution in [0.1, 0.15) is 0 Å². The molecule has 0 amide bonds. The highest BCUT2D eigenvalue weighted by molar-refractivity contribution is 5.71. The second-order valence-corrected chi connectivity index (χ2v) is 2.89. The molecule has 0 fully saturated rings. The third-order valence-corrected chi connectivity index (χ3v) is 1.97. The quantitative estimate of drug-likeness (QED) is 0.550. The number of pyridine rings is 2. The maximum absolute atomic E-state index is 10.7. The molecule has 2 rings (SSSR count). The Kier molecular flexibility index (Phi) is 2.37. The third-order valence-electron chi connectivity index (χ3n) is 1.97. The van der Waals surface area contributed by atoms with Crippen molar-refractivity contribution in [2.75, 3.05) is 0 Å². The van der Waals surface area contributed by atoms with Crippen LogP contribution in [0.4, 0.5) is 5.69 Å². The van der Waals surface area contributed by atoms with Crippen LogP contribution < -0.4 is 0 Å². The fraction of sp³-hybridized carbons (Fsp3) is 0. The lowest BCUT2D eigenvalue weighted by molar-refractivity contribution is -0.384. The molecule has 0 atom stereocenters. The van der Waals surface area contributed by atoms with E-state index in [1.165, 1.54) is 12.4 Å². The monoisotopic (exact) mass is 201 g/mol. The molecule has 0 bridgehead atoms. The summed E-state index contributed by atoms with van der Waals surface area (Å²) in [5, 5.41) is 10.7. The van der Waals surface area contributed by atoms with Gasteiger partial charge >= 0.3 is 0 Å². The Balaban J connectivity index is 2.58. The van der Waals surface area contributed by atoms with Gasteiger partial charge in [0.05, 0.1) is 10.5 Å². The van der Waals surface area contributed by atoms with Gasteiger partial charge in [0.15, 0.2) is 0 Å². The van der Waals surface area contributed by atoms with E-state index in [1.807, 2.05) is 0 Å². The van der Waals surface area contributed by atoms with Crippen molar-refractivity contribution in [3.05, 3.63) is 53.1 Å². The minimum atomic E-state index is -0.449. The summed E-state index contributed by atoms with van der Waals surface area (Å²) in [6, 6.07) is 5.12. The molecule has 2 aromatic heterocycles. The molecule has 0 unspecified atom stereocenters. The molecule has 5 heteroatoms. The van der Waals surface area contributed by atoms with Crippen molar-refractivity contribution in [1.82, 2.24) is 9.97 Å². The first-order valence-corrected chi connectivity index (χ1v) is 4.28. The van der Waals surface area contributed by atoms with Crippen molar-refractivity contribution in [2.45, 2.75) is 0 Å². The van der Waals surface area contributed by atoms with Gasteiger partial charge in [0.1, 0.15) is 6.20 Å². The van der Waals surface area contributed by atoms with Gasteiger partial charge in [-0.15, -0.1) is 0 Å². The summed E-state index contributed by atoms with van der Waals surface area (Å²) in [5.74, 6) is 0. The fourth-order valence-electron chi connectivity index (χ4n) is 1.30. The van der Waals surface area contributed by atoms with E-state index in [0.717, 1.165) is 0 Å². The summed E-state index contributed by atoms with van der Waals surface area (Å²) in [5.41, 5.74) is 1.24. The van der Waals surface area contributed by atoms with Gasteiger partial charge in [0.2, 0.25) is 0 Å². The molecule has 0 aliphatic carbocycles. The molecule has 15 heavy (non-hydrogen) atoms. The highest BCUT2D eigenvalue weighted by Crippen LogP contribution is 2.27. The molecule has 0 saturated heterocycles. The average molecular weight is 201 g/mol. The summed E-state index contributed by atoms with van der Waals surface area (Å²) in [7, 11) is 0. The van der Waals surface area contributed by atoms with E-state index in [2.05, 4.69) is 9.97 Å². The van der Waals surface area contributed by atoms with Crippen LogP contribution >= 0.6 is 0 Å². The van der Waals surface area contributed by atoms with Crippen LogP contribution in [-0.4, -0.2) is 14.9 Å². The van der Waals surface area contributed by atoms with Crippen molar-refractivity contribution in [2.24, 2.45) is 0 Å². The van der Waals surface area contributed by atoms with Crippen LogP contribution in [0.15, 0.2) is 43.0 Å². The SMILES string of the molecule is O=[N+]([O-])c1cnccc1-c1cccnc1. The zero-order valence-corrected chi connectivity index (χ0v) is 7.70. The minimum Gasteiger partial charge on any atom is -0.264 e. The van der Waals surface area contributed by atoms with Gasteiger partial charge in [-0.05, 0) is 12.1 Å². The smallest absolute Gasteiger partial charge is 0.264 e. The second-order valence-electron chi connectivity index (χ2n) is 2.89. The lowest BCUT2D eigenvalue weighted by Gasteiger charge is -2.00. The first-order valence-electron chi connectivity index (χ1n) is 4.28. The van der Waals surface area contributed by atoms with Crippen LogP contribution in [0.3, 0.4) is 0 Å². The van der Waals surface area contributed by atoms with Crippen molar-refractivity contribution >= 4 is 5.69 Å². The number of aromatic nitrogens is 2. The van der Waals surface area contributed by atoms with Gasteiger partial charge in [0, 0.05) is 24.2 Å². The highest BCUT2D eigenvalue weighted by Gasteiger charge is 2.14. The van der Waals surface area contributed by atoms with Crippen molar-refractivity contribution in [3.8, 4) is 11.1 Å². The van der Waals surface area contributed by atoms with E-state index in [0.29, 0.717) is 11.1 Å². The molecule has 0 aliphatic rings. The number of nitrogens with zero attached hydrogens (tertiary/aromatic N) is 3. The number of hydrogen-bond donors (Lipinski definition) is 0. The van der Waals surface area contributed by atoms with Crippen LogP contribution in [0, 0.1) is 10.1 Å². The van der Waals surface area contributed by atoms with Crippen LogP contribution in [0.25, 0.3) is 11.1 Å². The van der Waals surface area contributed by atoms with Gasteiger partial charge in [-0.25, -0.2) is 0 Å². The molecule has 74 valence electrons. The Hall–Kier alpha value is -2.30. The zero-order chi connectivity index (χ0) is 10.7. The minimum absolute atomic E-state index is 0.00880. The van der Waals surface area contributed by atoms with E-state index in [-0.39, 0.29) is 5.69 Å². The van der Waals surface area contributed by atoms with Crippen LogP contribution in [0.5, 0.6) is 0 Å². The fourth-order valence-corrected chi connectivity index (χ4v) is 1.30. The summed E-state index contributed by atoms with van der Waals surface area (Å²) in [6.07, 6.45) is 5.97. The first kappa shape index (κ1) is 9.26. The molecular formula is C10H7N3O2. The van der Waals surface area contributed by atoms with E-state index in [1.54, 1.807) is 30.6 Å². The Morgan fingerprint density at radius 1 is 1.13 bits per heavy atom. The number of rotatable bonds is 2. The number of nitro groups is 1. The lowest BCUT2D eigenvalue weighted by atomic mass is 10.1. The van der Waals surface area contributed by atoms with Gasteiger partial charge in [-0.2, -0.15) is 0 Å². The van der Waals surface area contributed by atoms with Crippen molar-refractivity contribution in [3.63, 3.8) is 0 Å². The molecule has 2 aromatic rings. The second kappa shape index (κ2) is 3.83. The molecule has 0 aromatic carbocycles. The molecule has 0 radical (unpaired) electrons. The lowest BCUT2D eigenvalue weighted by Crippen LogP contribution is -1.92. The molecule has 0 N–H and O–H groups in total. The van der Waals surface area contributed by atoms with Gasteiger partial charge in [-0.3, -0.25) is 20.1 Å². The topological polar surface area (TPSA) is 68.9 Å². The average Bonchev–Trinajstić information content (AvgIpc) is 2.30. The van der Waals surface area contributed by atoms with Gasteiger partial charge in [0.25, 0.3) is 5.69 Å². The maximum atomic E-state index is 10.7. The highest BCUT2D eigenvalue weighted by atomic mass is 16.6. The largest absolute Gasteiger partial charge is 0.295 e. The molecule has 0 spiro atoms. The third kappa shape index (κ3) is 1.80. The standard InChI is InChI=1S/C10H7N3O2/c14-13(15)10-7-12-5-3-9(10)8-2-1-4-11-6-8/h1-7H. The molecule has 0 saturated carbocycles. The van der Waals surface area contributed by atoms with Gasteiger partial charge < -0.3 is 0 Å². The van der Waals surface area contributed by atoms with Gasteiger partial charge in [-0.1, -0.05) is 6.07 Å². The first-order chi connectivity index (χ1) is 7.29. The van der Waals surface area contributed by atoms with E-state index < -0.39 is 4.92 Å². The number of hydrogen-bond acceptors (Lipinski definition) is 4. The van der Waals surface area contributed by atoms with E-state index >= 15 is 0 Å². The van der Waals surface area contributed by atoms with Crippen LogP contribution in [-0.2, 0) is 0 Å². The normalized spacial score (nSPS) is 9.87. The molecular weight excluding hydrogens is 194 g/mol. The summed E-state index contributed by atoms with van der Waals surface area (Å²) in [4.78, 5) is 17.9. The Morgan fingerprint density at radius 3 is 2.60 bits per heavy atom. The summed E-state index contributed by atoms with van der Waals surface area (Å²) >= 11 is 0. The Morgan fingerprint density at radius 2 is 1.93 bits per heavy atom. The van der Waals surface area contributed by atoms with Crippen LogP contribution in [0.2, 0.25) is 0 Å². The predicted octanol–water partition coefficient (Wildman–Crippen LogP) is 2.05. The summed E-state index contributed by atoms with van der Waals surface area (Å²) in [6.45, 7) is 0. The molecule has 0 aliphatic heterocycles. The van der Waals surface area contributed by atoms with E-state index in [4.69, 9.17) is 0 Å². The zero-order valence-electron chi connectivity index (χ0n) is 7.70. The Labute approximate surface area is 85.6 Å². The molecule has 5 nitrogen and oxygen atoms in total. The molecule has 2 heterocycles. The van der Waals surface area contributed by atoms with Crippen molar-refractivity contribution < 1.29 is 4.92 Å². The summed E-state index contributed by atoms with van der Waals surface area (Å²) < 4.78 is 0.